The first-order chi connectivity index (χ1) is 7.02. The maximum atomic E-state index is 11.2. The molecule has 0 bridgehead atoms. The van der Waals surface area contributed by atoms with Crippen LogP contribution in [-0.4, -0.2) is 23.5 Å². The maximum absolute atomic E-state index is 11.2. The summed E-state index contributed by atoms with van der Waals surface area (Å²) < 4.78 is 0. The van der Waals surface area contributed by atoms with Crippen molar-refractivity contribution < 1.29 is 29.0 Å². The quantitative estimate of drug-likeness (QED) is 0.345. The zero-order chi connectivity index (χ0) is 11.4. The Morgan fingerprint density at radius 3 is 2.13 bits per heavy atom. The Morgan fingerprint density at radius 1 is 1.13 bits per heavy atom. The largest absolute Gasteiger partial charge is 0.373 e. The van der Waals surface area contributed by atoms with Gasteiger partial charge in [0.1, 0.15) is 0 Å². The molecule has 0 aliphatic heterocycles. The molecule has 82 valence electrons. The lowest BCUT2D eigenvalue weighted by atomic mass is 9.87. The Balaban J connectivity index is 2.60. The summed E-state index contributed by atoms with van der Waals surface area (Å²) >= 11 is 0. The summed E-state index contributed by atoms with van der Waals surface area (Å²) in [4.78, 5) is 52.0. The highest BCUT2D eigenvalue weighted by Gasteiger charge is 2.38. The minimum atomic E-state index is -1.42. The summed E-state index contributed by atoms with van der Waals surface area (Å²) in [5.41, 5.74) is 0. The zero-order valence-corrected chi connectivity index (χ0v) is 8.15. The summed E-state index contributed by atoms with van der Waals surface area (Å²) in [6.07, 6.45) is 0.798. The first kappa shape index (κ1) is 11.4. The molecule has 15 heavy (non-hydrogen) atoms. The Labute approximate surface area is 85.5 Å². The fourth-order valence-corrected chi connectivity index (χ4v) is 1.32. The van der Waals surface area contributed by atoms with E-state index in [-0.39, 0.29) is 12.8 Å². The monoisotopic (exact) mass is 214 g/mol. The lowest BCUT2D eigenvalue weighted by Crippen LogP contribution is -2.36. The van der Waals surface area contributed by atoms with E-state index in [1.165, 1.54) is 0 Å². The average molecular weight is 214 g/mol. The molecule has 1 aliphatic rings. The first-order valence-corrected chi connectivity index (χ1v) is 4.46. The molecular weight excluding hydrogens is 204 g/mol. The van der Waals surface area contributed by atoms with E-state index >= 15 is 0 Å². The molecule has 1 rings (SSSR count). The molecule has 0 aromatic carbocycles. The highest BCUT2D eigenvalue weighted by atomic mass is 17.2. The van der Waals surface area contributed by atoms with Gasteiger partial charge in [0.05, 0.1) is 0 Å². The Morgan fingerprint density at radius 2 is 1.67 bits per heavy atom. The van der Waals surface area contributed by atoms with Crippen LogP contribution in [0.25, 0.3) is 0 Å². The molecule has 0 atom stereocenters. The van der Waals surface area contributed by atoms with Crippen molar-refractivity contribution in [3.05, 3.63) is 0 Å². The van der Waals surface area contributed by atoms with Gasteiger partial charge in [0, 0.05) is 19.8 Å². The van der Waals surface area contributed by atoms with E-state index < -0.39 is 29.4 Å². The number of hydrogen-bond acceptors (Lipinski definition) is 6. The molecule has 6 heteroatoms. The van der Waals surface area contributed by atoms with Crippen LogP contribution in [0.3, 0.4) is 0 Å². The van der Waals surface area contributed by atoms with Crippen molar-refractivity contribution in [3.63, 3.8) is 0 Å². The van der Waals surface area contributed by atoms with E-state index in [4.69, 9.17) is 0 Å². The highest BCUT2D eigenvalue weighted by molar-refractivity contribution is 6.18. The van der Waals surface area contributed by atoms with Gasteiger partial charge >= 0.3 is 11.9 Å². The molecule has 0 N–H and O–H groups in total. The lowest BCUT2D eigenvalue weighted by molar-refractivity contribution is -0.259. The predicted molar refractivity (Wildman–Crippen MR) is 45.2 cm³/mol. The van der Waals surface area contributed by atoms with Gasteiger partial charge in [-0.05, 0) is 6.42 Å². The number of carbonyl (C=O) groups excluding carboxylic acids is 4. The second-order valence-electron chi connectivity index (χ2n) is 3.20. The molecule has 0 unspecified atom stereocenters. The van der Waals surface area contributed by atoms with Crippen LogP contribution in [0.2, 0.25) is 0 Å². The summed E-state index contributed by atoms with van der Waals surface area (Å²) in [6.45, 7) is 1.04. The van der Waals surface area contributed by atoms with Crippen LogP contribution in [0.15, 0.2) is 0 Å². The Bertz CT molecular complexity index is 303. The van der Waals surface area contributed by atoms with Gasteiger partial charge in [0.25, 0.3) is 0 Å². The molecule has 0 saturated heterocycles. The first-order valence-electron chi connectivity index (χ1n) is 4.46. The molecule has 0 heterocycles. The molecule has 0 amide bonds. The second-order valence-corrected chi connectivity index (χ2v) is 3.20. The smallest absolute Gasteiger partial charge is 0.298 e. The molecule has 1 aliphatic carbocycles. The predicted octanol–water partition coefficient (Wildman–Crippen LogP) is -0.0540. The summed E-state index contributed by atoms with van der Waals surface area (Å²) in [6, 6.07) is 0. The second kappa shape index (κ2) is 4.68. The van der Waals surface area contributed by atoms with E-state index in [1.54, 1.807) is 0 Å². The van der Waals surface area contributed by atoms with Gasteiger partial charge in [0.15, 0.2) is 17.5 Å². The number of Topliss-reactive ketones (excluding diaryl/α,β-unsaturated/α-hetero) is 2. The summed E-state index contributed by atoms with van der Waals surface area (Å²) in [5.74, 6) is -4.32. The molecular formula is C9H10O6. The Kier molecular flexibility index (Phi) is 3.54. The lowest BCUT2D eigenvalue weighted by Gasteiger charge is -2.16. The van der Waals surface area contributed by atoms with E-state index in [0.29, 0.717) is 6.42 Å². The van der Waals surface area contributed by atoms with Crippen molar-refractivity contribution in [2.45, 2.75) is 26.2 Å². The zero-order valence-electron chi connectivity index (χ0n) is 8.15. The number of hydrogen-bond donors (Lipinski definition) is 0. The van der Waals surface area contributed by atoms with E-state index in [9.17, 15) is 19.2 Å². The molecule has 0 radical (unpaired) electrons. The van der Waals surface area contributed by atoms with Gasteiger partial charge in [-0.2, -0.15) is 0 Å². The van der Waals surface area contributed by atoms with Crippen LogP contribution in [0.5, 0.6) is 0 Å². The van der Waals surface area contributed by atoms with Crippen LogP contribution >= 0.6 is 0 Å². The average Bonchev–Trinajstić information content (AvgIpc) is 2.14. The van der Waals surface area contributed by atoms with E-state index in [2.05, 4.69) is 9.78 Å². The van der Waals surface area contributed by atoms with Gasteiger partial charge in [-0.25, -0.2) is 19.4 Å². The van der Waals surface area contributed by atoms with Gasteiger partial charge in [-0.3, -0.25) is 9.59 Å². The van der Waals surface area contributed by atoms with Gasteiger partial charge in [0.2, 0.25) is 0 Å². The fraction of sp³-hybridized carbons (Fsp3) is 0.556. The number of carbonyl (C=O) groups is 4. The topological polar surface area (TPSA) is 86.7 Å². The minimum Gasteiger partial charge on any atom is -0.298 e. The normalized spacial score (nSPS) is 17.4. The van der Waals surface area contributed by atoms with Gasteiger partial charge in [-0.15, -0.1) is 0 Å². The number of ketones is 2. The van der Waals surface area contributed by atoms with Crippen LogP contribution < -0.4 is 0 Å². The van der Waals surface area contributed by atoms with Crippen molar-refractivity contribution in [2.75, 3.05) is 0 Å². The summed E-state index contributed by atoms with van der Waals surface area (Å²) in [5, 5.41) is 0. The van der Waals surface area contributed by atoms with E-state index in [0.717, 1.165) is 6.92 Å². The van der Waals surface area contributed by atoms with Crippen molar-refractivity contribution in [1.82, 2.24) is 0 Å². The standard InChI is InChI=1S/C9H10O6/c1-5(10)14-15-9(13)8-6(11)3-2-4-7(8)12/h8H,2-4H2,1H3. The fourth-order valence-electron chi connectivity index (χ4n) is 1.32. The van der Waals surface area contributed by atoms with Crippen LogP contribution in [0.1, 0.15) is 26.2 Å². The van der Waals surface area contributed by atoms with Crippen molar-refractivity contribution in [1.29, 1.82) is 0 Å². The van der Waals surface area contributed by atoms with Gasteiger partial charge < -0.3 is 0 Å². The third-order valence-electron chi connectivity index (χ3n) is 1.97. The molecule has 1 fully saturated rings. The molecule has 6 nitrogen and oxygen atoms in total. The van der Waals surface area contributed by atoms with Crippen molar-refractivity contribution in [3.8, 4) is 0 Å². The SMILES string of the molecule is CC(=O)OOC(=O)C1C(=O)CCCC1=O. The molecule has 1 saturated carbocycles. The van der Waals surface area contributed by atoms with Crippen LogP contribution in [0.4, 0.5) is 0 Å². The third kappa shape index (κ3) is 2.87. The highest BCUT2D eigenvalue weighted by Crippen LogP contribution is 2.18. The number of rotatable bonds is 1. The van der Waals surface area contributed by atoms with E-state index in [1.807, 2.05) is 0 Å². The third-order valence-corrected chi connectivity index (χ3v) is 1.97. The van der Waals surface area contributed by atoms with Crippen LogP contribution in [-0.2, 0) is 29.0 Å². The van der Waals surface area contributed by atoms with Crippen LogP contribution in [0, 0.1) is 5.92 Å². The minimum absolute atomic E-state index is 0.172. The maximum Gasteiger partial charge on any atom is 0.373 e. The van der Waals surface area contributed by atoms with Gasteiger partial charge in [-0.1, -0.05) is 0 Å². The molecule has 0 aromatic rings. The molecule has 0 aromatic heterocycles. The van der Waals surface area contributed by atoms with Crippen molar-refractivity contribution >= 4 is 23.5 Å². The summed E-state index contributed by atoms with van der Waals surface area (Å²) in [7, 11) is 0. The molecule has 0 spiro atoms. The Hall–Kier alpha value is -1.72. The van der Waals surface area contributed by atoms with Crippen molar-refractivity contribution in [2.24, 2.45) is 5.92 Å².